The van der Waals surface area contributed by atoms with Gasteiger partial charge in [-0.1, -0.05) is 35.4 Å². The molecular formula is C25H24ClN3O6S. The van der Waals surface area contributed by atoms with Crippen molar-refractivity contribution in [3.63, 3.8) is 0 Å². The summed E-state index contributed by atoms with van der Waals surface area (Å²) in [5, 5.41) is 0.897. The van der Waals surface area contributed by atoms with Gasteiger partial charge in [-0.05, 0) is 49.4 Å². The van der Waals surface area contributed by atoms with Crippen LogP contribution < -0.4 is 5.32 Å². The largest absolute Gasteiger partial charge is 0.459 e. The Kier molecular flexibility index (Phi) is 7.46. The van der Waals surface area contributed by atoms with Crippen LogP contribution in [0, 0.1) is 6.92 Å². The SMILES string of the molecule is Cc1ccc(S(=O)(=O)[C@@H](NC(=O)c2ccco2)C(=O)N2CCN(C(=O)c3cccc(Cl)c3)CC2)cc1. The lowest BCUT2D eigenvalue weighted by Gasteiger charge is -2.36. The first kappa shape index (κ1) is 25.5. The number of nitrogens with zero attached hydrogens (tertiary/aromatic N) is 2. The molecule has 1 fully saturated rings. The fourth-order valence-electron chi connectivity index (χ4n) is 3.83. The summed E-state index contributed by atoms with van der Waals surface area (Å²) in [6.07, 6.45) is 1.27. The number of piperazine rings is 1. The zero-order chi connectivity index (χ0) is 25.9. The smallest absolute Gasteiger partial charge is 0.288 e. The van der Waals surface area contributed by atoms with Crippen LogP contribution in [0.25, 0.3) is 0 Å². The van der Waals surface area contributed by atoms with Gasteiger partial charge in [-0.2, -0.15) is 0 Å². The Labute approximate surface area is 213 Å². The monoisotopic (exact) mass is 529 g/mol. The second kappa shape index (κ2) is 10.5. The molecule has 3 aromatic rings. The van der Waals surface area contributed by atoms with Gasteiger partial charge in [0.25, 0.3) is 17.7 Å². The van der Waals surface area contributed by atoms with E-state index in [4.69, 9.17) is 16.0 Å². The van der Waals surface area contributed by atoms with Crippen LogP contribution in [-0.4, -0.2) is 67.5 Å². The van der Waals surface area contributed by atoms with E-state index in [2.05, 4.69) is 5.32 Å². The molecule has 4 rings (SSSR count). The number of nitrogens with one attached hydrogen (secondary N) is 1. The lowest BCUT2D eigenvalue weighted by atomic mass is 10.2. The minimum atomic E-state index is -4.29. The van der Waals surface area contributed by atoms with Crippen LogP contribution in [0.1, 0.15) is 26.5 Å². The van der Waals surface area contributed by atoms with Crippen LogP contribution in [0.4, 0.5) is 0 Å². The quantitative estimate of drug-likeness (QED) is 0.525. The summed E-state index contributed by atoms with van der Waals surface area (Å²) < 4.78 is 32.0. The third-order valence-electron chi connectivity index (χ3n) is 5.84. The molecule has 0 saturated carbocycles. The number of sulfone groups is 1. The highest BCUT2D eigenvalue weighted by molar-refractivity contribution is 7.92. The molecule has 1 aliphatic heterocycles. The van der Waals surface area contributed by atoms with E-state index in [0.717, 1.165) is 5.56 Å². The fraction of sp³-hybridized carbons (Fsp3) is 0.240. The molecule has 3 amide bonds. The van der Waals surface area contributed by atoms with E-state index >= 15 is 0 Å². The fourth-order valence-corrected chi connectivity index (χ4v) is 5.49. The highest BCUT2D eigenvalue weighted by Crippen LogP contribution is 2.20. The Morgan fingerprint density at radius 2 is 1.61 bits per heavy atom. The molecule has 1 saturated heterocycles. The summed E-state index contributed by atoms with van der Waals surface area (Å²) in [6, 6.07) is 15.4. The minimum absolute atomic E-state index is 0.0963. The van der Waals surface area contributed by atoms with Crippen LogP contribution in [0.3, 0.4) is 0 Å². The van der Waals surface area contributed by atoms with Crippen molar-refractivity contribution >= 4 is 39.2 Å². The Bertz CT molecular complexity index is 1370. The van der Waals surface area contributed by atoms with Gasteiger partial charge in [-0.3, -0.25) is 14.4 Å². The van der Waals surface area contributed by atoms with E-state index < -0.39 is 27.0 Å². The number of carbonyl (C=O) groups is 3. The number of hydrogen-bond acceptors (Lipinski definition) is 6. The molecule has 2 aromatic carbocycles. The summed E-state index contributed by atoms with van der Waals surface area (Å²) >= 11 is 5.99. The highest BCUT2D eigenvalue weighted by Gasteiger charge is 2.40. The third-order valence-corrected chi connectivity index (χ3v) is 7.95. The summed E-state index contributed by atoms with van der Waals surface area (Å²) in [6.45, 7) is 2.40. The van der Waals surface area contributed by atoms with Crippen LogP contribution >= 0.6 is 11.6 Å². The van der Waals surface area contributed by atoms with Gasteiger partial charge < -0.3 is 19.5 Å². The zero-order valence-electron chi connectivity index (χ0n) is 19.4. The number of carbonyl (C=O) groups excluding carboxylic acids is 3. The number of aryl methyl sites for hydroxylation is 1. The van der Waals surface area contributed by atoms with Gasteiger partial charge in [0.05, 0.1) is 11.2 Å². The summed E-state index contributed by atoms with van der Waals surface area (Å²) in [5.41, 5.74) is 1.27. The molecular weight excluding hydrogens is 506 g/mol. The molecule has 0 spiro atoms. The van der Waals surface area contributed by atoms with Gasteiger partial charge in [-0.15, -0.1) is 0 Å². The molecule has 0 bridgehead atoms. The summed E-state index contributed by atoms with van der Waals surface area (Å²) in [5.74, 6) is -1.97. The first-order valence-electron chi connectivity index (χ1n) is 11.2. The van der Waals surface area contributed by atoms with E-state index in [1.54, 1.807) is 41.3 Å². The maximum atomic E-state index is 13.5. The normalized spacial score (nSPS) is 14.8. The van der Waals surface area contributed by atoms with Crippen LogP contribution in [-0.2, 0) is 14.6 Å². The second-order valence-electron chi connectivity index (χ2n) is 8.32. The number of halogens is 1. The molecule has 0 aliphatic carbocycles. The van der Waals surface area contributed by atoms with Crippen molar-refractivity contribution in [3.8, 4) is 0 Å². The number of hydrogen-bond donors (Lipinski definition) is 1. The molecule has 188 valence electrons. The predicted octanol–water partition coefficient (Wildman–Crippen LogP) is 2.76. The molecule has 1 aromatic heterocycles. The maximum absolute atomic E-state index is 13.5. The molecule has 1 aliphatic rings. The zero-order valence-corrected chi connectivity index (χ0v) is 21.0. The van der Waals surface area contributed by atoms with E-state index in [0.29, 0.717) is 10.6 Å². The van der Waals surface area contributed by atoms with E-state index in [1.165, 1.54) is 35.4 Å². The van der Waals surface area contributed by atoms with Crippen LogP contribution in [0.5, 0.6) is 0 Å². The van der Waals surface area contributed by atoms with Crippen molar-refractivity contribution in [2.24, 2.45) is 0 Å². The molecule has 2 heterocycles. The van der Waals surface area contributed by atoms with Crippen molar-refractivity contribution in [1.82, 2.24) is 15.1 Å². The molecule has 1 N–H and O–H groups in total. The average Bonchev–Trinajstić information content (AvgIpc) is 3.42. The van der Waals surface area contributed by atoms with Crippen LogP contribution in [0.15, 0.2) is 76.2 Å². The Morgan fingerprint density at radius 3 is 2.22 bits per heavy atom. The van der Waals surface area contributed by atoms with Gasteiger partial charge in [0.2, 0.25) is 15.2 Å². The predicted molar refractivity (Wildman–Crippen MR) is 132 cm³/mol. The number of furan rings is 1. The molecule has 11 heteroatoms. The third kappa shape index (κ3) is 5.44. The average molecular weight is 530 g/mol. The molecule has 0 radical (unpaired) electrons. The first-order valence-corrected chi connectivity index (χ1v) is 13.1. The Hall–Kier alpha value is -3.63. The molecule has 0 unspecified atom stereocenters. The highest BCUT2D eigenvalue weighted by atomic mass is 35.5. The molecule has 36 heavy (non-hydrogen) atoms. The lowest BCUT2D eigenvalue weighted by Crippen LogP contribution is -2.57. The standard InChI is InChI=1S/C25H24ClN3O6S/c1-17-7-9-20(10-8-17)36(33,34)23(27-22(30)21-6-3-15-35-21)25(32)29-13-11-28(12-14-29)24(31)18-4-2-5-19(26)16-18/h2-10,15-16,23H,11-14H2,1H3,(H,27,30)/t23-/m1/s1. The summed E-state index contributed by atoms with van der Waals surface area (Å²) in [4.78, 5) is 41.7. The second-order valence-corrected chi connectivity index (χ2v) is 10.8. The number of benzene rings is 2. The van der Waals surface area contributed by atoms with Gasteiger partial charge >= 0.3 is 0 Å². The van der Waals surface area contributed by atoms with E-state index in [1.807, 2.05) is 6.92 Å². The number of rotatable bonds is 6. The van der Waals surface area contributed by atoms with E-state index in [-0.39, 0.29) is 42.7 Å². The van der Waals surface area contributed by atoms with Crippen molar-refractivity contribution in [1.29, 1.82) is 0 Å². The summed E-state index contributed by atoms with van der Waals surface area (Å²) in [7, 11) is -4.29. The Balaban J connectivity index is 1.53. The molecule has 9 nitrogen and oxygen atoms in total. The van der Waals surface area contributed by atoms with Crippen molar-refractivity contribution in [3.05, 3.63) is 88.8 Å². The van der Waals surface area contributed by atoms with Crippen LogP contribution in [0.2, 0.25) is 5.02 Å². The van der Waals surface area contributed by atoms with E-state index in [9.17, 15) is 22.8 Å². The van der Waals surface area contributed by atoms with Crippen molar-refractivity contribution in [2.45, 2.75) is 17.2 Å². The first-order chi connectivity index (χ1) is 17.2. The van der Waals surface area contributed by atoms with Gasteiger partial charge in [0.15, 0.2) is 5.76 Å². The Morgan fingerprint density at radius 1 is 0.944 bits per heavy atom. The van der Waals surface area contributed by atoms with Crippen molar-refractivity contribution in [2.75, 3.05) is 26.2 Å². The topological polar surface area (TPSA) is 117 Å². The molecule has 1 atom stereocenters. The van der Waals surface area contributed by atoms with Gasteiger partial charge in [-0.25, -0.2) is 8.42 Å². The maximum Gasteiger partial charge on any atom is 0.288 e. The minimum Gasteiger partial charge on any atom is -0.459 e. The van der Waals surface area contributed by atoms with Gasteiger partial charge in [0.1, 0.15) is 0 Å². The number of amides is 3. The lowest BCUT2D eigenvalue weighted by molar-refractivity contribution is -0.132. The van der Waals surface area contributed by atoms with Gasteiger partial charge in [0, 0.05) is 36.8 Å². The van der Waals surface area contributed by atoms with Crippen molar-refractivity contribution < 1.29 is 27.2 Å².